The zero-order valence-corrected chi connectivity index (χ0v) is 14.1. The van der Waals surface area contributed by atoms with Crippen molar-refractivity contribution in [3.05, 3.63) is 30.1 Å². The van der Waals surface area contributed by atoms with Gasteiger partial charge in [0.25, 0.3) is 0 Å². The summed E-state index contributed by atoms with van der Waals surface area (Å²) in [6.07, 6.45) is 2.20. The fourth-order valence-electron chi connectivity index (χ4n) is 3.03. The fraction of sp³-hybridized carbons (Fsp3) is 0.500. The number of ketones is 1. The van der Waals surface area contributed by atoms with Gasteiger partial charge in [-0.2, -0.15) is 12.7 Å². The molecule has 2 bridgehead atoms. The van der Waals surface area contributed by atoms with E-state index in [1.807, 2.05) is 12.1 Å². The van der Waals surface area contributed by atoms with Crippen LogP contribution in [0.15, 0.2) is 24.4 Å². The molecule has 0 radical (unpaired) electrons. The molecular formula is C14H18N4O6S. The Kier molecular flexibility index (Phi) is 5.11. The van der Waals surface area contributed by atoms with Crippen molar-refractivity contribution < 1.29 is 26.8 Å². The molecule has 0 saturated carbocycles. The van der Waals surface area contributed by atoms with Crippen molar-refractivity contribution in [2.24, 2.45) is 0 Å². The third-order valence-electron chi connectivity index (χ3n) is 4.18. The van der Waals surface area contributed by atoms with Gasteiger partial charge in [-0.1, -0.05) is 6.07 Å². The number of piperidine rings is 1. The molecule has 1 amide bonds. The average Bonchev–Trinajstić information content (AvgIpc) is 2.89. The Morgan fingerprint density at radius 3 is 2.92 bits per heavy atom. The van der Waals surface area contributed by atoms with Crippen molar-refractivity contribution in [1.82, 2.24) is 20.3 Å². The summed E-state index contributed by atoms with van der Waals surface area (Å²) in [6, 6.07) is 4.02. The van der Waals surface area contributed by atoms with Crippen molar-refractivity contribution in [3.8, 4) is 0 Å². The lowest BCUT2D eigenvalue weighted by Crippen LogP contribution is -2.52. The van der Waals surface area contributed by atoms with Crippen molar-refractivity contribution >= 4 is 22.1 Å². The molecule has 25 heavy (non-hydrogen) atoms. The highest BCUT2D eigenvalue weighted by Crippen LogP contribution is 2.26. The number of nitrogens with zero attached hydrogens (tertiary/aromatic N) is 3. The van der Waals surface area contributed by atoms with Gasteiger partial charge in [-0.05, 0) is 12.1 Å². The monoisotopic (exact) mass is 370 g/mol. The first-order valence-electron chi connectivity index (χ1n) is 7.71. The SMILES string of the molecule is O=C(NCCc1ccccn1)C1CC(=O)C2CN1CN2OS(=O)(=O)O. The molecule has 0 aliphatic carbocycles. The standard InChI is InChI=1S/C14H18N4O6S/c19-13-7-11(14(20)16-6-4-10-3-1-2-5-15-10)17-8-12(13)18(9-17)24-25(21,22)23/h1-3,5,11-12H,4,6-9H2,(H,16,20)(H,21,22,23). The second-order valence-corrected chi connectivity index (χ2v) is 6.90. The highest BCUT2D eigenvalue weighted by atomic mass is 32.3. The van der Waals surface area contributed by atoms with Crippen LogP contribution in [0.25, 0.3) is 0 Å². The summed E-state index contributed by atoms with van der Waals surface area (Å²) in [5.41, 5.74) is 0.844. The topological polar surface area (TPSA) is 129 Å². The first-order valence-corrected chi connectivity index (χ1v) is 9.08. The lowest BCUT2D eigenvalue weighted by atomic mass is 9.99. The van der Waals surface area contributed by atoms with Gasteiger partial charge < -0.3 is 5.32 Å². The van der Waals surface area contributed by atoms with E-state index in [1.54, 1.807) is 17.2 Å². The summed E-state index contributed by atoms with van der Waals surface area (Å²) in [7, 11) is -4.71. The second kappa shape index (κ2) is 7.14. The number of amides is 1. The summed E-state index contributed by atoms with van der Waals surface area (Å²) in [5.74, 6) is -0.612. The molecule has 1 aromatic rings. The van der Waals surface area contributed by atoms with Gasteiger partial charge in [0, 0.05) is 37.8 Å². The van der Waals surface area contributed by atoms with Crippen LogP contribution < -0.4 is 5.32 Å². The highest BCUT2D eigenvalue weighted by Gasteiger charge is 2.48. The van der Waals surface area contributed by atoms with Crippen molar-refractivity contribution in [2.45, 2.75) is 24.9 Å². The molecule has 11 heteroatoms. The molecule has 2 N–H and O–H groups in total. The number of carbonyl (C=O) groups is 2. The number of aromatic nitrogens is 1. The normalized spacial score (nSPS) is 26.6. The zero-order valence-electron chi connectivity index (χ0n) is 13.2. The number of hydroxylamine groups is 2. The van der Waals surface area contributed by atoms with Gasteiger partial charge in [-0.25, -0.2) is 0 Å². The second-order valence-electron chi connectivity index (χ2n) is 5.90. The number of carbonyl (C=O) groups excluding carboxylic acids is 2. The molecule has 2 aliphatic heterocycles. The van der Waals surface area contributed by atoms with E-state index in [2.05, 4.69) is 14.6 Å². The van der Waals surface area contributed by atoms with E-state index in [0.29, 0.717) is 13.0 Å². The molecule has 2 aliphatic rings. The molecular weight excluding hydrogens is 352 g/mol. The lowest BCUT2D eigenvalue weighted by Gasteiger charge is -2.28. The summed E-state index contributed by atoms with van der Waals surface area (Å²) in [4.78, 5) is 30.3. The fourth-order valence-corrected chi connectivity index (χ4v) is 3.42. The quantitative estimate of drug-likeness (QED) is 0.591. The van der Waals surface area contributed by atoms with E-state index < -0.39 is 22.5 Å². The van der Waals surface area contributed by atoms with E-state index in [9.17, 15) is 18.0 Å². The Hall–Kier alpha value is -1.92. The largest absolute Gasteiger partial charge is 0.413 e. The summed E-state index contributed by atoms with van der Waals surface area (Å²) >= 11 is 0. The number of fused-ring (bicyclic) bond motifs is 2. The van der Waals surface area contributed by atoms with Crippen molar-refractivity contribution in [2.75, 3.05) is 19.8 Å². The molecule has 10 nitrogen and oxygen atoms in total. The van der Waals surface area contributed by atoms with Crippen LogP contribution in [-0.2, 0) is 30.7 Å². The van der Waals surface area contributed by atoms with E-state index in [1.165, 1.54) is 0 Å². The van der Waals surface area contributed by atoms with Crippen LogP contribution in [0.3, 0.4) is 0 Å². The minimum atomic E-state index is -4.71. The lowest BCUT2D eigenvalue weighted by molar-refractivity contribution is -0.137. The molecule has 0 spiro atoms. The molecule has 1 aromatic heterocycles. The third-order valence-corrected chi connectivity index (χ3v) is 4.56. The van der Waals surface area contributed by atoms with Crippen molar-refractivity contribution in [1.29, 1.82) is 0 Å². The Bertz CT molecular complexity index is 756. The van der Waals surface area contributed by atoms with Gasteiger partial charge in [-0.3, -0.25) is 24.0 Å². The Morgan fingerprint density at radius 1 is 1.44 bits per heavy atom. The van der Waals surface area contributed by atoms with Crippen LogP contribution in [-0.4, -0.2) is 71.4 Å². The van der Waals surface area contributed by atoms with Gasteiger partial charge in [0.15, 0.2) is 5.78 Å². The Morgan fingerprint density at radius 2 is 2.24 bits per heavy atom. The summed E-state index contributed by atoms with van der Waals surface area (Å²) in [5, 5.41) is 3.66. The average molecular weight is 370 g/mol. The number of hydrogen-bond donors (Lipinski definition) is 2. The smallest absolute Gasteiger partial charge is 0.354 e. The first kappa shape index (κ1) is 17.9. The van der Waals surface area contributed by atoms with Gasteiger partial charge in [0.1, 0.15) is 6.04 Å². The molecule has 3 unspecified atom stereocenters. The van der Waals surface area contributed by atoms with Gasteiger partial charge in [0.05, 0.1) is 12.7 Å². The van der Waals surface area contributed by atoms with Crippen molar-refractivity contribution in [3.63, 3.8) is 0 Å². The maximum absolute atomic E-state index is 12.4. The molecule has 3 rings (SSSR count). The molecule has 3 atom stereocenters. The van der Waals surface area contributed by atoms with Crippen LogP contribution in [0.4, 0.5) is 0 Å². The van der Waals surface area contributed by atoms with Gasteiger partial charge >= 0.3 is 10.4 Å². The third kappa shape index (κ3) is 4.38. The number of pyridine rings is 1. The van der Waals surface area contributed by atoms with Gasteiger partial charge in [-0.15, -0.1) is 5.06 Å². The minimum absolute atomic E-state index is 0.0363. The van der Waals surface area contributed by atoms with E-state index in [4.69, 9.17) is 4.55 Å². The molecule has 2 fully saturated rings. The van der Waals surface area contributed by atoms with E-state index >= 15 is 0 Å². The zero-order chi connectivity index (χ0) is 18.0. The number of nitrogens with one attached hydrogen (secondary N) is 1. The van der Waals surface area contributed by atoms with E-state index in [-0.39, 0.29) is 31.3 Å². The number of rotatable bonds is 6. The Balaban J connectivity index is 1.56. The first-order chi connectivity index (χ1) is 11.8. The highest BCUT2D eigenvalue weighted by molar-refractivity contribution is 7.80. The molecule has 0 aromatic carbocycles. The molecule has 136 valence electrons. The van der Waals surface area contributed by atoms with Crippen LogP contribution in [0.5, 0.6) is 0 Å². The Labute approximate surface area is 144 Å². The van der Waals surface area contributed by atoms with E-state index in [0.717, 1.165) is 10.8 Å². The van der Waals surface area contributed by atoms with Crippen LogP contribution in [0.2, 0.25) is 0 Å². The predicted molar refractivity (Wildman–Crippen MR) is 84.2 cm³/mol. The summed E-state index contributed by atoms with van der Waals surface area (Å²) < 4.78 is 34.9. The maximum atomic E-state index is 12.4. The van der Waals surface area contributed by atoms with Crippen LogP contribution >= 0.6 is 0 Å². The van der Waals surface area contributed by atoms with Gasteiger partial charge in [0.2, 0.25) is 5.91 Å². The number of Topliss-reactive ketones (excluding diaryl/α,β-unsaturated/α-hetero) is 1. The minimum Gasteiger partial charge on any atom is -0.354 e. The number of hydrogen-bond acceptors (Lipinski definition) is 8. The van der Waals surface area contributed by atoms with Crippen LogP contribution in [0, 0.1) is 0 Å². The molecule has 3 heterocycles. The molecule has 2 saturated heterocycles. The predicted octanol–water partition coefficient (Wildman–Crippen LogP) is -1.24. The van der Waals surface area contributed by atoms with Crippen LogP contribution in [0.1, 0.15) is 12.1 Å². The maximum Gasteiger partial charge on any atom is 0.413 e. The summed E-state index contributed by atoms with van der Waals surface area (Å²) in [6.45, 7) is 0.490.